The fourth-order valence-corrected chi connectivity index (χ4v) is 2.14. The third-order valence-corrected chi connectivity index (χ3v) is 3.34. The number of nitrogens with one attached hydrogen (secondary N) is 2. The van der Waals surface area contributed by atoms with Crippen LogP contribution in [0.15, 0.2) is 36.7 Å². The van der Waals surface area contributed by atoms with Crippen LogP contribution >= 0.6 is 24.0 Å². The molecule has 0 saturated heterocycles. The van der Waals surface area contributed by atoms with Crippen LogP contribution in [0.25, 0.3) is 0 Å². The molecule has 2 N–H and O–H groups in total. The Labute approximate surface area is 146 Å². The van der Waals surface area contributed by atoms with E-state index in [1.807, 2.05) is 13.2 Å². The van der Waals surface area contributed by atoms with Crippen molar-refractivity contribution < 1.29 is 9.53 Å². The number of aryl methyl sites for hydroxylation is 1. The lowest BCUT2D eigenvalue weighted by atomic mass is 10.1. The summed E-state index contributed by atoms with van der Waals surface area (Å²) in [6, 6.07) is 6.67. The van der Waals surface area contributed by atoms with Crippen LogP contribution in [0.3, 0.4) is 0 Å². The first-order valence-corrected chi connectivity index (χ1v) is 7.30. The van der Waals surface area contributed by atoms with Gasteiger partial charge in [-0.05, 0) is 31.3 Å². The molecular weight excluding hydrogens is 339 g/mol. The van der Waals surface area contributed by atoms with E-state index in [1.54, 1.807) is 42.2 Å². The first kappa shape index (κ1) is 19.3. The second-order valence-electron chi connectivity index (χ2n) is 4.76. The summed E-state index contributed by atoms with van der Waals surface area (Å²) >= 11 is 5.80. The highest BCUT2D eigenvalue weighted by atomic mass is 35.5. The number of amides is 1. The monoisotopic (exact) mass is 358 g/mol. The van der Waals surface area contributed by atoms with Crippen molar-refractivity contribution in [2.75, 3.05) is 20.2 Å². The number of hydrogen-bond donors (Lipinski definition) is 2. The van der Waals surface area contributed by atoms with Crippen molar-refractivity contribution in [3.63, 3.8) is 0 Å². The number of ether oxygens (including phenoxy) is 1. The molecule has 0 aliphatic heterocycles. The predicted molar refractivity (Wildman–Crippen MR) is 92.2 cm³/mol. The van der Waals surface area contributed by atoms with Crippen LogP contribution in [0.1, 0.15) is 11.6 Å². The standard InChI is InChI=1S/C15H19ClN4O2.ClH/c1-17-14(11-9-19-20(2)10-11)15(21)18-7-8-22-13-5-3-12(16)4-6-13;/h3-6,9-10,14,17H,7-8H2,1-2H3,(H,18,21);1H. The zero-order chi connectivity index (χ0) is 15.9. The highest BCUT2D eigenvalue weighted by molar-refractivity contribution is 6.30. The lowest BCUT2D eigenvalue weighted by molar-refractivity contribution is -0.123. The molecule has 1 aromatic carbocycles. The molecule has 0 saturated carbocycles. The number of rotatable bonds is 7. The molecular formula is C15H20Cl2N4O2. The average molecular weight is 359 g/mol. The summed E-state index contributed by atoms with van der Waals surface area (Å²) < 4.78 is 7.19. The number of nitrogens with zero attached hydrogens (tertiary/aromatic N) is 2. The molecule has 1 heterocycles. The van der Waals surface area contributed by atoms with E-state index in [2.05, 4.69) is 15.7 Å². The molecule has 2 aromatic rings. The molecule has 0 bridgehead atoms. The summed E-state index contributed by atoms with van der Waals surface area (Å²) in [5.41, 5.74) is 0.820. The first-order valence-electron chi connectivity index (χ1n) is 6.92. The van der Waals surface area contributed by atoms with Gasteiger partial charge in [-0.25, -0.2) is 0 Å². The van der Waals surface area contributed by atoms with Gasteiger partial charge in [-0.15, -0.1) is 12.4 Å². The summed E-state index contributed by atoms with van der Waals surface area (Å²) in [6.07, 6.45) is 3.48. The van der Waals surface area contributed by atoms with E-state index in [0.717, 1.165) is 11.3 Å². The Bertz CT molecular complexity index is 616. The Morgan fingerprint density at radius 3 is 2.65 bits per heavy atom. The second kappa shape index (κ2) is 9.39. The number of likely N-dealkylation sites (N-methyl/N-ethyl adjacent to an activating group) is 1. The van der Waals surface area contributed by atoms with Crippen LogP contribution in [0.2, 0.25) is 5.02 Å². The Morgan fingerprint density at radius 2 is 2.09 bits per heavy atom. The van der Waals surface area contributed by atoms with E-state index in [0.29, 0.717) is 18.2 Å². The summed E-state index contributed by atoms with van der Waals surface area (Å²) in [5.74, 6) is 0.603. The Kier molecular flexibility index (Phi) is 7.88. The van der Waals surface area contributed by atoms with E-state index in [1.165, 1.54) is 0 Å². The minimum absolute atomic E-state index is 0. The maximum Gasteiger partial charge on any atom is 0.241 e. The maximum absolute atomic E-state index is 12.2. The van der Waals surface area contributed by atoms with Crippen molar-refractivity contribution in [3.8, 4) is 5.75 Å². The Balaban J connectivity index is 0.00000264. The lowest BCUT2D eigenvalue weighted by Gasteiger charge is -2.14. The van der Waals surface area contributed by atoms with Gasteiger partial charge in [0.2, 0.25) is 5.91 Å². The summed E-state index contributed by atoms with van der Waals surface area (Å²) in [7, 11) is 3.55. The van der Waals surface area contributed by atoms with Crippen LogP contribution < -0.4 is 15.4 Å². The largest absolute Gasteiger partial charge is 0.492 e. The molecule has 0 aliphatic carbocycles. The Morgan fingerprint density at radius 1 is 1.39 bits per heavy atom. The van der Waals surface area contributed by atoms with Crippen molar-refractivity contribution in [1.82, 2.24) is 20.4 Å². The molecule has 126 valence electrons. The fraction of sp³-hybridized carbons (Fsp3) is 0.333. The van der Waals surface area contributed by atoms with Gasteiger partial charge in [0.25, 0.3) is 0 Å². The Hall–Kier alpha value is -1.76. The van der Waals surface area contributed by atoms with Gasteiger partial charge in [-0.1, -0.05) is 11.6 Å². The van der Waals surface area contributed by atoms with Crippen molar-refractivity contribution in [1.29, 1.82) is 0 Å². The fourth-order valence-electron chi connectivity index (χ4n) is 2.01. The number of hydrogen-bond acceptors (Lipinski definition) is 4. The third-order valence-electron chi connectivity index (χ3n) is 3.09. The molecule has 1 unspecified atom stereocenters. The van der Waals surface area contributed by atoms with E-state index in [4.69, 9.17) is 16.3 Å². The minimum Gasteiger partial charge on any atom is -0.492 e. The molecule has 2 rings (SSSR count). The molecule has 1 aromatic heterocycles. The SMILES string of the molecule is CNC(C(=O)NCCOc1ccc(Cl)cc1)c1cnn(C)c1.Cl. The van der Waals surface area contributed by atoms with Gasteiger partial charge in [-0.2, -0.15) is 5.10 Å². The zero-order valence-electron chi connectivity index (χ0n) is 13.0. The molecule has 0 fully saturated rings. The quantitative estimate of drug-likeness (QED) is 0.742. The van der Waals surface area contributed by atoms with Crippen LogP contribution in [0.5, 0.6) is 5.75 Å². The van der Waals surface area contributed by atoms with Crippen LogP contribution in [-0.4, -0.2) is 35.9 Å². The molecule has 8 heteroatoms. The smallest absolute Gasteiger partial charge is 0.241 e. The molecule has 1 amide bonds. The lowest BCUT2D eigenvalue weighted by Crippen LogP contribution is -2.37. The molecule has 1 atom stereocenters. The topological polar surface area (TPSA) is 68.2 Å². The molecule has 0 spiro atoms. The number of carbonyl (C=O) groups excluding carboxylic acids is 1. The van der Waals surface area contributed by atoms with Crippen molar-refractivity contribution >= 4 is 29.9 Å². The second-order valence-corrected chi connectivity index (χ2v) is 5.20. The van der Waals surface area contributed by atoms with Gasteiger partial charge in [-0.3, -0.25) is 9.48 Å². The third kappa shape index (κ3) is 5.74. The van der Waals surface area contributed by atoms with Crippen molar-refractivity contribution in [3.05, 3.63) is 47.2 Å². The van der Waals surface area contributed by atoms with E-state index in [9.17, 15) is 4.79 Å². The molecule has 0 radical (unpaired) electrons. The van der Waals surface area contributed by atoms with Crippen LogP contribution in [-0.2, 0) is 11.8 Å². The molecule has 0 aliphatic rings. The van der Waals surface area contributed by atoms with Gasteiger partial charge in [0.15, 0.2) is 0 Å². The first-order chi connectivity index (χ1) is 10.6. The number of halogens is 2. The number of benzene rings is 1. The summed E-state index contributed by atoms with van der Waals surface area (Å²) in [4.78, 5) is 12.2. The highest BCUT2D eigenvalue weighted by Crippen LogP contribution is 2.15. The van der Waals surface area contributed by atoms with E-state index >= 15 is 0 Å². The van der Waals surface area contributed by atoms with Crippen molar-refractivity contribution in [2.24, 2.45) is 7.05 Å². The van der Waals surface area contributed by atoms with Gasteiger partial charge in [0, 0.05) is 23.8 Å². The van der Waals surface area contributed by atoms with Crippen LogP contribution in [0.4, 0.5) is 0 Å². The van der Waals surface area contributed by atoms with E-state index in [-0.39, 0.29) is 18.3 Å². The molecule has 6 nitrogen and oxygen atoms in total. The molecule has 23 heavy (non-hydrogen) atoms. The minimum atomic E-state index is -0.427. The summed E-state index contributed by atoms with van der Waals surface area (Å²) in [6.45, 7) is 0.802. The van der Waals surface area contributed by atoms with Gasteiger partial charge in [0.1, 0.15) is 18.4 Å². The zero-order valence-corrected chi connectivity index (χ0v) is 14.5. The van der Waals surface area contributed by atoms with Crippen LogP contribution in [0, 0.1) is 0 Å². The van der Waals surface area contributed by atoms with Gasteiger partial charge < -0.3 is 15.4 Å². The van der Waals surface area contributed by atoms with Gasteiger partial charge >= 0.3 is 0 Å². The predicted octanol–water partition coefficient (Wildman–Crippen LogP) is 1.95. The number of carbonyl (C=O) groups is 1. The normalized spacial score (nSPS) is 11.4. The number of aromatic nitrogens is 2. The maximum atomic E-state index is 12.2. The average Bonchev–Trinajstić information content (AvgIpc) is 2.92. The summed E-state index contributed by atoms with van der Waals surface area (Å²) in [5, 5.41) is 10.5. The van der Waals surface area contributed by atoms with E-state index < -0.39 is 6.04 Å². The van der Waals surface area contributed by atoms with Crippen molar-refractivity contribution in [2.45, 2.75) is 6.04 Å². The highest BCUT2D eigenvalue weighted by Gasteiger charge is 2.19. The van der Waals surface area contributed by atoms with Gasteiger partial charge in [0.05, 0.1) is 12.7 Å².